The molecular weight excluding hydrogens is 497 g/mol. The first kappa shape index (κ1) is 23.7. The molecule has 2 atom stereocenters. The zero-order valence-electron chi connectivity index (χ0n) is 20.9. The minimum atomic E-state index is -4.59. The van der Waals surface area contributed by atoms with Gasteiger partial charge in [-0.05, 0) is 47.6 Å². The zero-order valence-corrected chi connectivity index (χ0v) is 20.9. The lowest BCUT2D eigenvalue weighted by molar-refractivity contribution is -0.136. The second-order valence-corrected chi connectivity index (χ2v) is 11.1. The van der Waals surface area contributed by atoms with Gasteiger partial charge in [0, 0.05) is 50.9 Å². The second-order valence-electron chi connectivity index (χ2n) is 11.1. The maximum atomic E-state index is 14.1. The molecular formula is C27H27F3N6O2. The van der Waals surface area contributed by atoms with E-state index in [4.69, 9.17) is 4.74 Å². The highest BCUT2D eigenvalue weighted by atomic mass is 19.4. The standard InChI is InChI=1S/C27H27F3N6O2/c1-33-16-31-32-24(33)8-26(14-38-15-26)20-3-2-4-21(7-20)35-13-23-22(27(28,29)30)5-17(10-36(23)25(35)37)9-34-11-18-6-19(18)12-34/h2-5,7,10,13,16,18-19H,6,8-9,11-12,14-15H2,1H3. The fourth-order valence-corrected chi connectivity index (χ4v) is 6.10. The molecule has 0 N–H and O–H groups in total. The maximum absolute atomic E-state index is 14.1. The molecule has 0 radical (unpaired) electrons. The number of halogens is 3. The molecule has 3 aliphatic rings. The van der Waals surface area contributed by atoms with E-state index >= 15 is 0 Å². The topological polar surface area (TPSA) is 69.6 Å². The van der Waals surface area contributed by atoms with E-state index in [0.29, 0.717) is 49.3 Å². The Balaban J connectivity index is 1.28. The fourth-order valence-electron chi connectivity index (χ4n) is 6.10. The van der Waals surface area contributed by atoms with Crippen LogP contribution in [0.3, 0.4) is 0 Å². The highest BCUT2D eigenvalue weighted by Gasteiger charge is 2.45. The van der Waals surface area contributed by atoms with E-state index in [1.165, 1.54) is 23.3 Å². The molecule has 198 valence electrons. The minimum Gasteiger partial charge on any atom is -0.379 e. The number of nitrogens with zero attached hydrogens (tertiary/aromatic N) is 6. The third kappa shape index (κ3) is 3.87. The van der Waals surface area contributed by atoms with Crippen molar-refractivity contribution in [2.24, 2.45) is 18.9 Å². The normalized spacial score (nSPS) is 22.5. The summed E-state index contributed by atoms with van der Waals surface area (Å²) in [6.45, 7) is 3.19. The summed E-state index contributed by atoms with van der Waals surface area (Å²) in [5, 5.41) is 8.17. The summed E-state index contributed by atoms with van der Waals surface area (Å²) >= 11 is 0. The first-order valence-electron chi connectivity index (χ1n) is 12.8. The Morgan fingerprint density at radius 1 is 1.13 bits per heavy atom. The molecule has 0 amide bonds. The number of hydrogen-bond acceptors (Lipinski definition) is 5. The van der Waals surface area contributed by atoms with Crippen molar-refractivity contribution < 1.29 is 17.9 Å². The Bertz CT molecular complexity index is 1590. The van der Waals surface area contributed by atoms with E-state index in [0.717, 1.165) is 28.9 Å². The van der Waals surface area contributed by atoms with Crippen molar-refractivity contribution in [3.63, 3.8) is 0 Å². The molecule has 1 saturated carbocycles. The Kier molecular flexibility index (Phi) is 5.15. The molecule has 3 aromatic heterocycles. The smallest absolute Gasteiger partial charge is 0.379 e. The number of pyridine rings is 1. The van der Waals surface area contributed by atoms with E-state index in [9.17, 15) is 18.0 Å². The van der Waals surface area contributed by atoms with Crippen molar-refractivity contribution in [1.29, 1.82) is 0 Å². The molecule has 0 bridgehead atoms. The SMILES string of the molecule is Cn1cnnc1CC1(c2cccc(-n3cc4c(C(F)(F)F)cc(CN5CC6CC6C5)cn4c3=O)c2)COC1. The summed E-state index contributed by atoms with van der Waals surface area (Å²) in [6.07, 6.45) is 1.73. The zero-order chi connectivity index (χ0) is 26.2. The van der Waals surface area contributed by atoms with Gasteiger partial charge >= 0.3 is 11.9 Å². The van der Waals surface area contributed by atoms with Crippen LogP contribution in [0.5, 0.6) is 0 Å². The number of aryl methyl sites for hydroxylation is 1. The van der Waals surface area contributed by atoms with Gasteiger partial charge in [0.05, 0.1) is 30.0 Å². The summed E-state index contributed by atoms with van der Waals surface area (Å²) in [6, 6.07) is 8.59. The van der Waals surface area contributed by atoms with E-state index in [2.05, 4.69) is 15.1 Å². The van der Waals surface area contributed by atoms with Crippen LogP contribution in [0.1, 0.15) is 28.9 Å². The van der Waals surface area contributed by atoms with Gasteiger partial charge in [-0.3, -0.25) is 13.9 Å². The van der Waals surface area contributed by atoms with Crippen molar-refractivity contribution in [3.8, 4) is 5.69 Å². The molecule has 8 nitrogen and oxygen atoms in total. The number of piperidine rings is 1. The number of hydrogen-bond donors (Lipinski definition) is 0. The predicted molar refractivity (Wildman–Crippen MR) is 132 cm³/mol. The third-order valence-corrected chi connectivity index (χ3v) is 8.38. The highest BCUT2D eigenvalue weighted by Crippen LogP contribution is 2.45. The van der Waals surface area contributed by atoms with Crippen LogP contribution in [0.2, 0.25) is 0 Å². The lowest BCUT2D eigenvalue weighted by atomic mass is 9.75. The molecule has 1 aromatic carbocycles. The average Bonchev–Trinajstić information content (AvgIpc) is 3.13. The van der Waals surface area contributed by atoms with Gasteiger partial charge in [-0.15, -0.1) is 10.2 Å². The number of benzene rings is 1. The van der Waals surface area contributed by atoms with Crippen LogP contribution in [0.4, 0.5) is 13.2 Å². The van der Waals surface area contributed by atoms with Crippen molar-refractivity contribution in [2.75, 3.05) is 26.3 Å². The molecule has 4 aromatic rings. The first-order chi connectivity index (χ1) is 18.2. The first-order valence-corrected chi connectivity index (χ1v) is 12.8. The fraction of sp³-hybridized carbons (Fsp3) is 0.444. The van der Waals surface area contributed by atoms with Gasteiger partial charge in [-0.2, -0.15) is 13.2 Å². The molecule has 2 saturated heterocycles. The summed E-state index contributed by atoms with van der Waals surface area (Å²) < 4.78 is 52.3. The molecule has 11 heteroatoms. The summed E-state index contributed by atoms with van der Waals surface area (Å²) in [4.78, 5) is 15.7. The molecule has 38 heavy (non-hydrogen) atoms. The number of rotatable bonds is 6. The largest absolute Gasteiger partial charge is 0.418 e. The van der Waals surface area contributed by atoms with Crippen molar-refractivity contribution >= 4 is 5.52 Å². The monoisotopic (exact) mass is 524 g/mol. The van der Waals surface area contributed by atoms with Gasteiger partial charge in [0.15, 0.2) is 0 Å². The van der Waals surface area contributed by atoms with Gasteiger partial charge in [-0.25, -0.2) is 4.79 Å². The van der Waals surface area contributed by atoms with E-state index < -0.39 is 17.4 Å². The average molecular weight is 525 g/mol. The minimum absolute atomic E-state index is 0.151. The van der Waals surface area contributed by atoms with Gasteiger partial charge in [0.2, 0.25) is 0 Å². The number of imidazole rings is 1. The van der Waals surface area contributed by atoms with Crippen LogP contribution in [0, 0.1) is 11.8 Å². The van der Waals surface area contributed by atoms with E-state index in [-0.39, 0.29) is 10.9 Å². The number of fused-ring (bicyclic) bond motifs is 2. The Labute approximate surface area is 216 Å². The summed E-state index contributed by atoms with van der Waals surface area (Å²) in [5.74, 6) is 2.16. The lowest BCUT2D eigenvalue weighted by Gasteiger charge is -2.41. The van der Waals surface area contributed by atoms with E-state index in [1.807, 2.05) is 29.8 Å². The Morgan fingerprint density at radius 3 is 2.58 bits per heavy atom. The van der Waals surface area contributed by atoms with Crippen molar-refractivity contribution in [1.82, 2.24) is 28.6 Å². The van der Waals surface area contributed by atoms with Crippen LogP contribution < -0.4 is 5.69 Å². The highest BCUT2D eigenvalue weighted by molar-refractivity contribution is 5.58. The molecule has 2 unspecified atom stereocenters. The predicted octanol–water partition coefficient (Wildman–Crippen LogP) is 3.20. The van der Waals surface area contributed by atoms with Crippen LogP contribution in [0.25, 0.3) is 11.2 Å². The third-order valence-electron chi connectivity index (χ3n) is 8.38. The molecule has 1 aliphatic carbocycles. The van der Waals surface area contributed by atoms with Crippen molar-refractivity contribution in [2.45, 2.75) is 31.0 Å². The van der Waals surface area contributed by atoms with Gasteiger partial charge in [-0.1, -0.05) is 12.1 Å². The molecule has 0 spiro atoms. The number of likely N-dealkylation sites (tertiary alicyclic amines) is 1. The van der Waals surface area contributed by atoms with Crippen LogP contribution in [-0.4, -0.2) is 54.9 Å². The molecule has 5 heterocycles. The maximum Gasteiger partial charge on any atom is 0.418 e. The van der Waals surface area contributed by atoms with Crippen LogP contribution >= 0.6 is 0 Å². The lowest BCUT2D eigenvalue weighted by Crippen LogP contribution is -2.49. The number of aromatic nitrogens is 5. The van der Waals surface area contributed by atoms with Crippen LogP contribution in [-0.2, 0) is 36.3 Å². The van der Waals surface area contributed by atoms with Crippen LogP contribution in [0.15, 0.2) is 53.8 Å². The van der Waals surface area contributed by atoms with E-state index in [1.54, 1.807) is 18.6 Å². The number of ether oxygens (including phenoxy) is 1. The molecule has 2 aliphatic heterocycles. The van der Waals surface area contributed by atoms with Gasteiger partial charge in [0.25, 0.3) is 0 Å². The Hall–Kier alpha value is -3.44. The van der Waals surface area contributed by atoms with Gasteiger partial charge in [0.1, 0.15) is 12.2 Å². The summed E-state index contributed by atoms with van der Waals surface area (Å²) in [5.41, 5.74) is 0.125. The summed E-state index contributed by atoms with van der Waals surface area (Å²) in [7, 11) is 1.88. The Morgan fingerprint density at radius 2 is 1.92 bits per heavy atom. The number of alkyl halides is 3. The molecule has 3 fully saturated rings. The second kappa shape index (κ2) is 8.28. The van der Waals surface area contributed by atoms with Gasteiger partial charge < -0.3 is 9.30 Å². The quantitative estimate of drug-likeness (QED) is 0.388. The van der Waals surface area contributed by atoms with Crippen molar-refractivity contribution in [3.05, 3.63) is 82.1 Å². The molecule has 7 rings (SSSR count).